The molecule has 16 nitrogen and oxygen atoms in total. The summed E-state index contributed by atoms with van der Waals surface area (Å²) in [6, 6.07) is 35.1. The molecule has 0 saturated heterocycles. The van der Waals surface area contributed by atoms with E-state index in [9.17, 15) is 19.2 Å². The molecule has 402 valence electrons. The number of carbonyl (C=O) groups is 6. The van der Waals surface area contributed by atoms with Crippen molar-refractivity contribution in [3.63, 3.8) is 0 Å². The fourth-order valence-corrected chi connectivity index (χ4v) is 10.0. The van der Waals surface area contributed by atoms with Gasteiger partial charge in [-0.1, -0.05) is 103 Å². The van der Waals surface area contributed by atoms with Gasteiger partial charge in [-0.2, -0.15) is 0 Å². The lowest BCUT2D eigenvalue weighted by Gasteiger charge is -2.28. The zero-order valence-corrected chi connectivity index (χ0v) is 44.7. The number of imide groups is 1. The number of aliphatic imine (C=N–C) groups is 1. The summed E-state index contributed by atoms with van der Waals surface area (Å²) in [4.78, 5) is 94.4. The first kappa shape index (κ1) is 55.1. The van der Waals surface area contributed by atoms with E-state index in [-0.39, 0.29) is 44.0 Å². The molecule has 6 amide bonds. The molecule has 2 aliphatic carbocycles. The normalized spacial score (nSPS) is 14.1. The highest BCUT2D eigenvalue weighted by atomic mass is 16.6. The Morgan fingerprint density at radius 2 is 1.36 bits per heavy atom. The second-order valence-electron chi connectivity index (χ2n) is 21.6. The summed E-state index contributed by atoms with van der Waals surface area (Å²) in [5.74, 6) is -2.66. The minimum atomic E-state index is -1.34. The van der Waals surface area contributed by atoms with E-state index in [4.69, 9.17) is 19.9 Å². The first-order chi connectivity index (χ1) is 36.8. The third kappa shape index (κ3) is 14.2. The molecule has 5 aromatic carbocycles. The topological polar surface area (TPSA) is 224 Å². The molecule has 0 fully saturated rings. The Morgan fingerprint density at radius 1 is 0.740 bits per heavy atom. The molecule has 0 saturated carbocycles. The van der Waals surface area contributed by atoms with E-state index in [1.807, 2.05) is 118 Å². The smallest absolute Gasteiger partial charge is 0.417 e. The highest BCUT2D eigenvalue weighted by Gasteiger charge is 2.40. The second kappa shape index (κ2) is 24.3. The van der Waals surface area contributed by atoms with Crippen LogP contribution in [0.1, 0.15) is 100 Å². The number of benzene rings is 5. The Hall–Kier alpha value is -8.11. The molecule has 77 heavy (non-hydrogen) atoms. The van der Waals surface area contributed by atoms with Gasteiger partial charge in [0.05, 0.1) is 12.6 Å². The first-order valence-corrected chi connectivity index (χ1v) is 26.3. The average molecular weight is 1040 g/mol. The van der Waals surface area contributed by atoms with Gasteiger partial charge < -0.3 is 40.9 Å². The summed E-state index contributed by atoms with van der Waals surface area (Å²) in [6.45, 7) is 10.8. The van der Waals surface area contributed by atoms with Gasteiger partial charge >= 0.3 is 12.2 Å². The number of alkyl carbamates (subject to hydrolysis) is 1. The lowest BCUT2D eigenvalue weighted by molar-refractivity contribution is -0.131. The van der Waals surface area contributed by atoms with Gasteiger partial charge in [-0.15, -0.1) is 0 Å². The number of aromatic amines is 1. The Bertz CT molecular complexity index is 3080. The van der Waals surface area contributed by atoms with Crippen molar-refractivity contribution < 1.29 is 43.0 Å². The number of unbranched alkanes of at least 4 members (excludes halogenated alkanes) is 1. The molecule has 0 spiro atoms. The third-order valence-corrected chi connectivity index (χ3v) is 13.5. The summed E-state index contributed by atoms with van der Waals surface area (Å²) < 4.78 is 17.6. The highest BCUT2D eigenvalue weighted by molar-refractivity contribution is 6.43. The van der Waals surface area contributed by atoms with Gasteiger partial charge in [0.15, 0.2) is 0 Å². The summed E-state index contributed by atoms with van der Waals surface area (Å²) in [7, 11) is 0. The van der Waals surface area contributed by atoms with Gasteiger partial charge in [-0.05, 0) is 136 Å². The number of para-hydroxylation sites is 1. The van der Waals surface area contributed by atoms with Crippen LogP contribution in [0.15, 0.2) is 133 Å². The maximum atomic E-state index is 15.6. The predicted octanol–water partition coefficient (Wildman–Crippen LogP) is 8.67. The van der Waals surface area contributed by atoms with Gasteiger partial charge in [-0.3, -0.25) is 19.2 Å². The minimum Gasteiger partial charge on any atom is -0.488 e. The molecule has 8 rings (SSSR count). The molecule has 1 aromatic heterocycles. The van der Waals surface area contributed by atoms with Crippen LogP contribution in [-0.4, -0.2) is 100 Å². The number of nitrogens with zero attached hydrogens (tertiary/aromatic N) is 2. The largest absolute Gasteiger partial charge is 0.488 e. The molecule has 1 heterocycles. The zero-order chi connectivity index (χ0) is 54.9. The molecule has 0 unspecified atom stereocenters. The van der Waals surface area contributed by atoms with Gasteiger partial charge in [0.25, 0.3) is 11.8 Å². The predicted molar refractivity (Wildman–Crippen MR) is 296 cm³/mol. The van der Waals surface area contributed by atoms with Crippen molar-refractivity contribution in [2.24, 2.45) is 10.7 Å². The molecule has 2 atom stereocenters. The number of amides is 6. The van der Waals surface area contributed by atoms with E-state index < -0.39 is 71.7 Å². The number of fused-ring (bicyclic) bond motifs is 5. The number of nitrogens with two attached hydrogens (primary N) is 1. The van der Waals surface area contributed by atoms with Crippen molar-refractivity contribution in [2.75, 3.05) is 19.7 Å². The molecular weight excluding hydrogens is 975 g/mol. The number of aromatic nitrogens is 1. The van der Waals surface area contributed by atoms with Gasteiger partial charge in [0.1, 0.15) is 41.4 Å². The maximum absolute atomic E-state index is 15.6. The second-order valence-corrected chi connectivity index (χ2v) is 21.6. The van der Waals surface area contributed by atoms with Crippen molar-refractivity contribution in [3.05, 3.63) is 161 Å². The fraction of sp³-hybridized carbons (Fsp3) is 0.361. The molecule has 16 heteroatoms. The summed E-state index contributed by atoms with van der Waals surface area (Å²) in [5, 5.41) is 9.06. The molecule has 6 N–H and O–H groups in total. The number of hydrogen-bond donors (Lipinski definition) is 5. The van der Waals surface area contributed by atoms with Crippen molar-refractivity contribution in [2.45, 2.75) is 122 Å². The molecule has 0 radical (unpaired) electrons. The minimum absolute atomic E-state index is 0.0169. The van der Waals surface area contributed by atoms with Crippen LogP contribution in [-0.2, 0) is 54.3 Å². The first-order valence-electron chi connectivity index (χ1n) is 26.3. The summed E-state index contributed by atoms with van der Waals surface area (Å²) in [6.07, 6.45) is 1.49. The lowest BCUT2D eigenvalue weighted by atomic mass is 9.98. The Kier molecular flexibility index (Phi) is 17.4. The van der Waals surface area contributed by atoms with E-state index in [1.54, 1.807) is 51.2 Å². The maximum Gasteiger partial charge on any atom is 0.417 e. The number of hydrogen-bond acceptors (Lipinski definition) is 10. The molecule has 0 bridgehead atoms. The molecule has 0 aliphatic heterocycles. The third-order valence-electron chi connectivity index (χ3n) is 13.5. The average Bonchev–Trinajstić information content (AvgIpc) is 4.20. The molecule has 6 aromatic rings. The molecule has 2 aliphatic rings. The fourth-order valence-electron chi connectivity index (χ4n) is 10.0. The van der Waals surface area contributed by atoms with E-state index in [0.29, 0.717) is 42.6 Å². The van der Waals surface area contributed by atoms with Crippen LogP contribution >= 0.6 is 0 Å². The van der Waals surface area contributed by atoms with Crippen LogP contribution in [0.4, 0.5) is 9.59 Å². The van der Waals surface area contributed by atoms with Crippen molar-refractivity contribution in [3.8, 4) is 16.9 Å². The lowest BCUT2D eigenvalue weighted by Crippen LogP contribution is -2.53. The Morgan fingerprint density at radius 3 is 2.00 bits per heavy atom. The van der Waals surface area contributed by atoms with E-state index in [1.165, 1.54) is 0 Å². The van der Waals surface area contributed by atoms with Crippen LogP contribution in [0.25, 0.3) is 22.0 Å². The van der Waals surface area contributed by atoms with Crippen molar-refractivity contribution in [1.29, 1.82) is 0 Å². The summed E-state index contributed by atoms with van der Waals surface area (Å²) >= 11 is 0. The van der Waals surface area contributed by atoms with E-state index in [0.717, 1.165) is 49.2 Å². The van der Waals surface area contributed by atoms with Gasteiger partial charge in [-0.25, -0.2) is 19.5 Å². The zero-order valence-electron chi connectivity index (χ0n) is 44.7. The monoisotopic (exact) mass is 1040 g/mol. The van der Waals surface area contributed by atoms with Gasteiger partial charge in [0, 0.05) is 42.4 Å². The quantitative estimate of drug-likeness (QED) is 0.0383. The standard InChI is InChI=1S/C61H69N7O9/c1-60(2,3)76-43-28-26-38(27-29-43)31-52(65-54(69)35-62)56(71)66-51(25-15-16-30-63-58(73)77-61(4,5)6)55(70)67-53(34-41-36-64-50-24-14-13-19-44(41)50)57(72)68(42-32-39-17-7-8-18-40(39)33-42)59(74)75-37-49-47-22-11-9-20-45(47)46-21-10-12-23-48(46)49/h7-14,17-24,26-29,36,42,49,51-52,64H,15-16,25,30-35,37,62H2,1-6H3,(H,63,73)(H,65,69)(H,66,71)/t51-,52-/m0/s1. The number of ether oxygens (including phenoxy) is 3. The SMILES string of the molecule is CC(C)(C)OC(=O)NCCCC[C@H](NC(=O)[C@H](Cc1ccc(OC(C)(C)C)cc1)NC(=O)CN)C(=O)N=C(Cc1c[nH]c2ccccc12)C(=O)N(C(=O)OCC1c2ccccc2-c2ccccc21)C1Cc2ccccc2C1. The number of carbonyl (C=O) groups excluding carboxylic acids is 6. The highest BCUT2D eigenvalue weighted by Crippen LogP contribution is 2.44. The number of rotatable bonds is 19. The Balaban J connectivity index is 1.12. The van der Waals surface area contributed by atoms with Crippen molar-refractivity contribution >= 4 is 52.4 Å². The number of H-pyrrole nitrogens is 1. The van der Waals surface area contributed by atoms with Crippen LogP contribution < -0.4 is 26.4 Å². The van der Waals surface area contributed by atoms with Crippen LogP contribution in [0.5, 0.6) is 5.75 Å². The van der Waals surface area contributed by atoms with Gasteiger partial charge in [0.2, 0.25) is 11.8 Å². The van der Waals surface area contributed by atoms with E-state index >= 15 is 9.59 Å². The summed E-state index contributed by atoms with van der Waals surface area (Å²) in [5.41, 5.74) is 12.5. The number of nitrogens with one attached hydrogen (secondary N) is 4. The van der Waals surface area contributed by atoms with Crippen LogP contribution in [0.3, 0.4) is 0 Å². The molecular formula is C61H69N7O9. The van der Waals surface area contributed by atoms with Crippen molar-refractivity contribution in [1.82, 2.24) is 25.8 Å². The van der Waals surface area contributed by atoms with E-state index in [2.05, 4.69) is 25.9 Å². The van der Waals surface area contributed by atoms with Crippen LogP contribution in [0, 0.1) is 0 Å². The van der Waals surface area contributed by atoms with Crippen LogP contribution in [0.2, 0.25) is 0 Å². The Labute approximate surface area is 449 Å².